The molecule has 13 heavy (non-hydrogen) atoms. The van der Waals surface area contributed by atoms with Crippen LogP contribution in [0.15, 0.2) is 0 Å². The van der Waals surface area contributed by atoms with Crippen molar-refractivity contribution in [1.29, 1.82) is 5.26 Å². The first-order valence-electron chi connectivity index (χ1n) is 4.20. The van der Waals surface area contributed by atoms with Crippen LogP contribution in [0, 0.1) is 35.0 Å². The lowest BCUT2D eigenvalue weighted by atomic mass is 9.97. The van der Waals surface area contributed by atoms with Gasteiger partial charge < -0.3 is 5.32 Å². The average molecular weight is 178 g/mol. The lowest BCUT2D eigenvalue weighted by molar-refractivity contribution is -0.124. The molecular formula is C10H14N2O. The van der Waals surface area contributed by atoms with Crippen LogP contribution in [0.1, 0.15) is 20.8 Å². The summed E-state index contributed by atoms with van der Waals surface area (Å²) in [7, 11) is 0. The van der Waals surface area contributed by atoms with E-state index in [4.69, 9.17) is 5.26 Å². The van der Waals surface area contributed by atoms with Crippen molar-refractivity contribution in [2.24, 2.45) is 11.8 Å². The number of nitriles is 1. The van der Waals surface area contributed by atoms with Crippen molar-refractivity contribution < 1.29 is 4.79 Å². The van der Waals surface area contributed by atoms with Crippen molar-refractivity contribution in [3.05, 3.63) is 0 Å². The Morgan fingerprint density at radius 2 is 2.15 bits per heavy atom. The highest BCUT2D eigenvalue weighted by Gasteiger charge is 2.20. The molecule has 0 aromatic heterocycles. The van der Waals surface area contributed by atoms with Crippen LogP contribution in [0.3, 0.4) is 0 Å². The normalized spacial score (nSPS) is 11.0. The maximum Gasteiger partial charge on any atom is 0.238 e. The molecule has 0 aromatic carbocycles. The second-order valence-corrected chi connectivity index (χ2v) is 3.00. The molecule has 0 heterocycles. The Bertz CT molecular complexity index is 265. The minimum absolute atomic E-state index is 0.0413. The zero-order chi connectivity index (χ0) is 10.3. The first-order chi connectivity index (χ1) is 6.13. The smallest absolute Gasteiger partial charge is 0.238 e. The summed E-state index contributed by atoms with van der Waals surface area (Å²) in [6, 6.07) is 1.97. The number of hydrogen-bond acceptors (Lipinski definition) is 2. The first-order valence-corrected chi connectivity index (χ1v) is 4.20. The molecule has 0 saturated heterocycles. The number of rotatable bonds is 3. The molecular weight excluding hydrogens is 164 g/mol. The fourth-order valence-corrected chi connectivity index (χ4v) is 0.840. The first kappa shape index (κ1) is 11.5. The van der Waals surface area contributed by atoms with Gasteiger partial charge in [0.2, 0.25) is 5.91 Å². The third kappa shape index (κ3) is 4.18. The molecule has 1 atom stereocenters. The Morgan fingerprint density at radius 1 is 1.54 bits per heavy atom. The molecule has 0 rings (SSSR count). The van der Waals surface area contributed by atoms with Crippen LogP contribution >= 0.6 is 0 Å². The second-order valence-electron chi connectivity index (χ2n) is 3.00. The highest BCUT2D eigenvalue weighted by Crippen LogP contribution is 2.08. The number of nitrogens with one attached hydrogen (secondary N) is 1. The van der Waals surface area contributed by atoms with Crippen LogP contribution in [0.4, 0.5) is 0 Å². The largest absolute Gasteiger partial charge is 0.344 e. The van der Waals surface area contributed by atoms with Gasteiger partial charge >= 0.3 is 0 Å². The lowest BCUT2D eigenvalue weighted by Crippen LogP contribution is -2.32. The maximum atomic E-state index is 11.3. The Kier molecular flexibility index (Phi) is 5.39. The van der Waals surface area contributed by atoms with Crippen LogP contribution in [-0.4, -0.2) is 12.5 Å². The molecule has 3 heteroatoms. The minimum Gasteiger partial charge on any atom is -0.344 e. The summed E-state index contributed by atoms with van der Waals surface area (Å²) in [6.45, 7) is 5.72. The lowest BCUT2D eigenvalue weighted by Gasteiger charge is -2.11. The molecule has 0 radical (unpaired) electrons. The maximum absolute atomic E-state index is 11.3. The molecule has 70 valence electrons. The number of hydrogen-bond donors (Lipinski definition) is 1. The van der Waals surface area contributed by atoms with Gasteiger partial charge in [-0.25, -0.2) is 0 Å². The van der Waals surface area contributed by atoms with Crippen LogP contribution < -0.4 is 5.32 Å². The Balaban J connectivity index is 4.06. The van der Waals surface area contributed by atoms with Gasteiger partial charge in [0.05, 0.1) is 12.6 Å². The molecule has 0 aliphatic rings. The summed E-state index contributed by atoms with van der Waals surface area (Å²) in [6.07, 6.45) is 0. The average Bonchev–Trinajstić information content (AvgIpc) is 2.05. The monoisotopic (exact) mass is 178 g/mol. The van der Waals surface area contributed by atoms with Crippen LogP contribution in [0.2, 0.25) is 0 Å². The van der Waals surface area contributed by atoms with Gasteiger partial charge in [0.15, 0.2) is 0 Å². The number of carbonyl (C=O) groups excluding carboxylic acids is 1. The number of nitrogens with zero attached hydrogens (tertiary/aromatic N) is 1. The Morgan fingerprint density at radius 3 is 2.54 bits per heavy atom. The summed E-state index contributed by atoms with van der Waals surface area (Å²) >= 11 is 0. The standard InChI is InChI=1S/C10H14N2O/c1-4-5-6-12-10(13)9(7-11)8(2)3/h8-9H,6H2,1-3H3,(H,12,13). The van der Waals surface area contributed by atoms with Crippen LogP contribution in [-0.2, 0) is 4.79 Å². The molecule has 0 bridgehead atoms. The summed E-state index contributed by atoms with van der Waals surface area (Å²) < 4.78 is 0. The minimum atomic E-state index is -0.571. The molecule has 1 unspecified atom stereocenters. The van der Waals surface area contributed by atoms with E-state index in [-0.39, 0.29) is 11.8 Å². The van der Waals surface area contributed by atoms with Gasteiger partial charge in [-0.05, 0) is 12.8 Å². The molecule has 0 spiro atoms. The number of amides is 1. The summed E-state index contributed by atoms with van der Waals surface area (Å²) in [4.78, 5) is 11.3. The van der Waals surface area contributed by atoms with Gasteiger partial charge in [0.1, 0.15) is 5.92 Å². The molecule has 0 fully saturated rings. The van der Waals surface area contributed by atoms with Gasteiger partial charge in [-0.15, -0.1) is 5.92 Å². The molecule has 0 aliphatic heterocycles. The van der Waals surface area contributed by atoms with Gasteiger partial charge in [0, 0.05) is 0 Å². The predicted molar refractivity (Wildman–Crippen MR) is 50.4 cm³/mol. The van der Waals surface area contributed by atoms with E-state index >= 15 is 0 Å². The topological polar surface area (TPSA) is 52.9 Å². The van der Waals surface area contributed by atoms with Crippen molar-refractivity contribution in [3.8, 4) is 17.9 Å². The fourth-order valence-electron chi connectivity index (χ4n) is 0.840. The molecule has 3 nitrogen and oxygen atoms in total. The van der Waals surface area contributed by atoms with Crippen molar-refractivity contribution in [3.63, 3.8) is 0 Å². The van der Waals surface area contributed by atoms with E-state index in [9.17, 15) is 4.79 Å². The Hall–Kier alpha value is -1.48. The highest BCUT2D eigenvalue weighted by atomic mass is 16.1. The number of carbonyl (C=O) groups is 1. The van der Waals surface area contributed by atoms with E-state index in [1.807, 2.05) is 19.9 Å². The van der Waals surface area contributed by atoms with Gasteiger partial charge in [-0.1, -0.05) is 19.8 Å². The zero-order valence-electron chi connectivity index (χ0n) is 8.22. The van der Waals surface area contributed by atoms with Crippen molar-refractivity contribution >= 4 is 5.91 Å². The van der Waals surface area contributed by atoms with Gasteiger partial charge in [-0.2, -0.15) is 5.26 Å². The van der Waals surface area contributed by atoms with Gasteiger partial charge in [0.25, 0.3) is 0 Å². The predicted octanol–water partition coefficient (Wildman–Crippen LogP) is 0.922. The summed E-state index contributed by atoms with van der Waals surface area (Å²) in [5.74, 6) is 4.60. The second kappa shape index (κ2) is 6.08. The van der Waals surface area contributed by atoms with E-state index in [0.29, 0.717) is 6.54 Å². The quantitative estimate of drug-likeness (QED) is 0.653. The summed E-state index contributed by atoms with van der Waals surface area (Å²) in [5.41, 5.74) is 0. The van der Waals surface area contributed by atoms with E-state index < -0.39 is 5.92 Å². The van der Waals surface area contributed by atoms with E-state index in [2.05, 4.69) is 17.2 Å². The van der Waals surface area contributed by atoms with E-state index in [0.717, 1.165) is 0 Å². The SMILES string of the molecule is CC#CCNC(=O)C(C#N)C(C)C. The van der Waals surface area contributed by atoms with Crippen LogP contribution in [0.25, 0.3) is 0 Å². The van der Waals surface area contributed by atoms with Crippen molar-refractivity contribution in [2.75, 3.05) is 6.54 Å². The molecule has 0 saturated carbocycles. The molecule has 1 N–H and O–H groups in total. The molecule has 0 aliphatic carbocycles. The summed E-state index contributed by atoms with van der Waals surface area (Å²) in [5, 5.41) is 11.3. The van der Waals surface area contributed by atoms with E-state index in [1.54, 1.807) is 6.92 Å². The van der Waals surface area contributed by atoms with E-state index in [1.165, 1.54) is 0 Å². The van der Waals surface area contributed by atoms with Crippen molar-refractivity contribution in [1.82, 2.24) is 5.32 Å². The zero-order valence-corrected chi connectivity index (χ0v) is 8.22. The third-order valence-corrected chi connectivity index (χ3v) is 1.62. The van der Waals surface area contributed by atoms with Crippen LogP contribution in [0.5, 0.6) is 0 Å². The Labute approximate surface area is 79.1 Å². The molecule has 1 amide bonds. The fraction of sp³-hybridized carbons (Fsp3) is 0.600. The third-order valence-electron chi connectivity index (χ3n) is 1.62. The van der Waals surface area contributed by atoms with Gasteiger partial charge in [-0.3, -0.25) is 4.79 Å². The van der Waals surface area contributed by atoms with Crippen molar-refractivity contribution in [2.45, 2.75) is 20.8 Å². The highest BCUT2D eigenvalue weighted by molar-refractivity contribution is 5.81. The molecule has 0 aromatic rings.